The minimum absolute atomic E-state index is 0.229. The van der Waals surface area contributed by atoms with Gasteiger partial charge in [-0.3, -0.25) is 0 Å². The van der Waals surface area contributed by atoms with Gasteiger partial charge in [0.25, 0.3) is 0 Å². The molecule has 0 amide bonds. The van der Waals surface area contributed by atoms with Crippen LogP contribution < -0.4 is 5.32 Å². The Morgan fingerprint density at radius 1 is 1.05 bits per heavy atom. The number of hydrogen-bond donors (Lipinski definition) is 1. The molecule has 1 aliphatic heterocycles. The molecule has 3 rings (SSSR count). The Morgan fingerprint density at radius 3 is 2.63 bits per heavy atom. The molecule has 1 unspecified atom stereocenters. The van der Waals surface area contributed by atoms with E-state index in [0.29, 0.717) is 0 Å². The first-order valence-corrected chi connectivity index (χ1v) is 7.40. The molecule has 0 bridgehead atoms. The molecule has 1 N–H and O–H groups in total. The van der Waals surface area contributed by atoms with Crippen LogP contribution in [0.5, 0.6) is 0 Å². The molecule has 0 spiro atoms. The van der Waals surface area contributed by atoms with Crippen LogP contribution in [0.3, 0.4) is 0 Å². The van der Waals surface area contributed by atoms with Crippen molar-refractivity contribution in [1.29, 1.82) is 0 Å². The van der Waals surface area contributed by atoms with E-state index in [1.807, 2.05) is 6.07 Å². The summed E-state index contributed by atoms with van der Waals surface area (Å²) in [5.41, 5.74) is 3.89. The van der Waals surface area contributed by atoms with E-state index >= 15 is 0 Å². The van der Waals surface area contributed by atoms with Crippen LogP contribution in [0.2, 0.25) is 0 Å². The summed E-state index contributed by atoms with van der Waals surface area (Å²) in [6.45, 7) is 0. The fourth-order valence-corrected chi connectivity index (χ4v) is 2.94. The van der Waals surface area contributed by atoms with Crippen LogP contribution in [0, 0.1) is 0 Å². The maximum atomic E-state index is 3.59. The molecule has 1 heterocycles. The molecule has 1 nitrogen and oxygen atoms in total. The lowest BCUT2D eigenvalue weighted by atomic mass is 9.94. The Balaban J connectivity index is 1.93. The second-order valence-corrected chi connectivity index (χ2v) is 5.64. The molecule has 0 radical (unpaired) electrons. The number of rotatable bonds is 2. The zero-order valence-corrected chi connectivity index (χ0v) is 12.2. The lowest BCUT2D eigenvalue weighted by molar-refractivity contribution is 0.733. The van der Waals surface area contributed by atoms with E-state index in [0.717, 1.165) is 17.4 Å². The summed E-state index contributed by atoms with van der Waals surface area (Å²) in [4.78, 5) is 0. The van der Waals surface area contributed by atoms with E-state index in [9.17, 15) is 0 Å². The van der Waals surface area contributed by atoms with Crippen LogP contribution in [0.25, 0.3) is 0 Å². The van der Waals surface area contributed by atoms with Gasteiger partial charge in [0.1, 0.15) is 0 Å². The van der Waals surface area contributed by atoms with Gasteiger partial charge < -0.3 is 5.32 Å². The maximum Gasteiger partial charge on any atom is 0.0793 e. The van der Waals surface area contributed by atoms with Crippen molar-refractivity contribution < 1.29 is 0 Å². The Bertz CT molecular complexity index is 579. The number of halogens is 1. The highest BCUT2D eigenvalue weighted by molar-refractivity contribution is 9.11. The molecule has 2 aliphatic rings. The standard InChI is InChI=1S/C17H16BrN/c18-17-12-15(13-7-3-1-4-8-13)11-16(19-17)14-9-5-2-6-10-14/h2-3,5-12,16,19H,1,4H2. The molecule has 1 atom stereocenters. The summed E-state index contributed by atoms with van der Waals surface area (Å²) < 4.78 is 1.04. The first-order valence-electron chi connectivity index (χ1n) is 6.60. The van der Waals surface area contributed by atoms with E-state index in [1.54, 1.807) is 0 Å². The Kier molecular flexibility index (Phi) is 3.69. The van der Waals surface area contributed by atoms with E-state index in [4.69, 9.17) is 0 Å². The number of hydrogen-bond acceptors (Lipinski definition) is 1. The molecule has 1 aromatic rings. The molecule has 1 aromatic carbocycles. The van der Waals surface area contributed by atoms with Crippen molar-refractivity contribution in [2.45, 2.75) is 18.9 Å². The smallest absolute Gasteiger partial charge is 0.0793 e. The molecule has 2 heteroatoms. The molecule has 1 aliphatic carbocycles. The summed E-state index contributed by atoms with van der Waals surface area (Å²) in [5.74, 6) is 0. The second kappa shape index (κ2) is 5.62. The van der Waals surface area contributed by atoms with Gasteiger partial charge in [-0.2, -0.15) is 0 Å². The average Bonchev–Trinajstić information content (AvgIpc) is 2.48. The first kappa shape index (κ1) is 12.5. The van der Waals surface area contributed by atoms with Crippen LogP contribution in [0.4, 0.5) is 0 Å². The van der Waals surface area contributed by atoms with Crippen molar-refractivity contribution in [3.8, 4) is 0 Å². The van der Waals surface area contributed by atoms with Gasteiger partial charge in [-0.1, -0.05) is 48.6 Å². The van der Waals surface area contributed by atoms with E-state index in [1.165, 1.54) is 16.7 Å². The van der Waals surface area contributed by atoms with Gasteiger partial charge in [0.05, 0.1) is 10.6 Å². The lowest BCUT2D eigenvalue weighted by Gasteiger charge is -2.23. The molecule has 0 aromatic heterocycles. The van der Waals surface area contributed by atoms with Crippen LogP contribution in [0.15, 0.2) is 76.5 Å². The van der Waals surface area contributed by atoms with Gasteiger partial charge in [0, 0.05) is 0 Å². The molecule has 19 heavy (non-hydrogen) atoms. The maximum absolute atomic E-state index is 3.59. The average molecular weight is 314 g/mol. The van der Waals surface area contributed by atoms with E-state index in [2.05, 4.69) is 75.9 Å². The minimum Gasteiger partial charge on any atom is -0.369 e. The van der Waals surface area contributed by atoms with Crippen LogP contribution in [-0.2, 0) is 0 Å². The third-order valence-electron chi connectivity index (χ3n) is 3.41. The molecule has 0 saturated heterocycles. The fourth-order valence-electron chi connectivity index (χ4n) is 2.44. The molecular formula is C17H16BrN. The quantitative estimate of drug-likeness (QED) is 0.775. The number of allylic oxidation sites excluding steroid dienone is 6. The van der Waals surface area contributed by atoms with Gasteiger partial charge in [-0.25, -0.2) is 0 Å². The number of nitrogens with one attached hydrogen (secondary N) is 1. The molecular weight excluding hydrogens is 298 g/mol. The van der Waals surface area contributed by atoms with Gasteiger partial charge in [0.15, 0.2) is 0 Å². The third kappa shape index (κ3) is 2.90. The van der Waals surface area contributed by atoms with Crippen LogP contribution in [-0.4, -0.2) is 0 Å². The highest BCUT2D eigenvalue weighted by atomic mass is 79.9. The minimum atomic E-state index is 0.229. The van der Waals surface area contributed by atoms with Crippen LogP contribution >= 0.6 is 15.9 Å². The summed E-state index contributed by atoms with van der Waals surface area (Å²) in [7, 11) is 0. The normalized spacial score (nSPS) is 22.2. The van der Waals surface area contributed by atoms with Crippen molar-refractivity contribution in [3.63, 3.8) is 0 Å². The first-order chi connectivity index (χ1) is 9.33. The predicted molar refractivity (Wildman–Crippen MR) is 83.9 cm³/mol. The van der Waals surface area contributed by atoms with Crippen molar-refractivity contribution in [2.75, 3.05) is 0 Å². The summed E-state index contributed by atoms with van der Waals surface area (Å²) in [6.07, 6.45) is 13.5. The fraction of sp³-hybridized carbons (Fsp3) is 0.176. The summed E-state index contributed by atoms with van der Waals surface area (Å²) in [6, 6.07) is 10.7. The SMILES string of the molecule is BrC1=CC(C2=CCCC=C2)=CC(c2ccccc2)N1. The van der Waals surface area contributed by atoms with Crippen molar-refractivity contribution in [2.24, 2.45) is 0 Å². The largest absolute Gasteiger partial charge is 0.369 e. The van der Waals surface area contributed by atoms with Gasteiger partial charge in [0.2, 0.25) is 0 Å². The Morgan fingerprint density at radius 2 is 1.89 bits per heavy atom. The van der Waals surface area contributed by atoms with Crippen molar-refractivity contribution in [1.82, 2.24) is 5.32 Å². The van der Waals surface area contributed by atoms with E-state index in [-0.39, 0.29) is 6.04 Å². The number of dihydropyridines is 1. The second-order valence-electron chi connectivity index (χ2n) is 4.79. The lowest BCUT2D eigenvalue weighted by Crippen LogP contribution is -2.20. The van der Waals surface area contributed by atoms with Gasteiger partial charge in [-0.15, -0.1) is 0 Å². The summed E-state index contributed by atoms with van der Waals surface area (Å²) in [5, 5.41) is 3.45. The zero-order chi connectivity index (χ0) is 13.1. The Labute approximate surface area is 122 Å². The third-order valence-corrected chi connectivity index (χ3v) is 3.87. The van der Waals surface area contributed by atoms with Crippen molar-refractivity contribution >= 4 is 15.9 Å². The van der Waals surface area contributed by atoms with Gasteiger partial charge >= 0.3 is 0 Å². The molecule has 0 fully saturated rings. The zero-order valence-electron chi connectivity index (χ0n) is 10.6. The van der Waals surface area contributed by atoms with Gasteiger partial charge in [-0.05, 0) is 57.6 Å². The van der Waals surface area contributed by atoms with E-state index < -0.39 is 0 Å². The van der Waals surface area contributed by atoms with Crippen molar-refractivity contribution in [3.05, 3.63) is 82.0 Å². The highest BCUT2D eigenvalue weighted by Gasteiger charge is 2.16. The number of benzene rings is 1. The monoisotopic (exact) mass is 313 g/mol. The Hall–Kier alpha value is -1.54. The summed E-state index contributed by atoms with van der Waals surface area (Å²) >= 11 is 3.59. The molecule has 96 valence electrons. The predicted octanol–water partition coefficient (Wildman–Crippen LogP) is 4.77. The topological polar surface area (TPSA) is 12.0 Å². The van der Waals surface area contributed by atoms with Crippen LogP contribution in [0.1, 0.15) is 24.4 Å². The molecule has 0 saturated carbocycles. The highest BCUT2D eigenvalue weighted by Crippen LogP contribution is 2.30.